The van der Waals surface area contributed by atoms with Crippen LogP contribution in [0.25, 0.3) is 0 Å². The number of esters is 1. The first-order valence-corrected chi connectivity index (χ1v) is 17.4. The van der Waals surface area contributed by atoms with Gasteiger partial charge in [0.05, 0.1) is 25.7 Å². The third-order valence-electron chi connectivity index (χ3n) is 13.9. The number of nitrogens with one attached hydrogen (secondary N) is 1. The molecule has 0 saturated heterocycles. The molecule has 0 aromatic rings. The molecule has 0 heterocycles. The van der Waals surface area contributed by atoms with Crippen LogP contribution in [0.5, 0.6) is 0 Å². The van der Waals surface area contributed by atoms with Gasteiger partial charge in [-0.15, -0.1) is 0 Å². The lowest BCUT2D eigenvalue weighted by Crippen LogP contribution is -2.62. The quantitative estimate of drug-likeness (QED) is 0.241. The predicted octanol–water partition coefficient (Wildman–Crippen LogP) is 5.70. The summed E-state index contributed by atoms with van der Waals surface area (Å²) in [6.07, 6.45) is 10.2. The van der Waals surface area contributed by atoms with Gasteiger partial charge in [0.25, 0.3) is 0 Å². The van der Waals surface area contributed by atoms with Gasteiger partial charge in [-0.05, 0) is 116 Å². The molecule has 9 heteroatoms. The van der Waals surface area contributed by atoms with Crippen LogP contribution in [-0.4, -0.2) is 65.3 Å². The lowest BCUT2D eigenvalue weighted by molar-refractivity contribution is -0.207. The Hall–Kier alpha value is -1.87. The Morgan fingerprint density at radius 3 is 2.36 bits per heavy atom. The van der Waals surface area contributed by atoms with Gasteiger partial charge in [0.1, 0.15) is 6.10 Å². The first-order valence-electron chi connectivity index (χ1n) is 17.4. The fourth-order valence-corrected chi connectivity index (χ4v) is 11.3. The highest BCUT2D eigenvalue weighted by molar-refractivity contribution is 5.71. The zero-order chi connectivity index (χ0) is 31.9. The summed E-state index contributed by atoms with van der Waals surface area (Å²) in [5.41, 5.74) is -0.630. The minimum absolute atomic E-state index is 0.0395. The average molecular weight is 620 g/mol. The van der Waals surface area contributed by atoms with E-state index in [0.717, 1.165) is 57.8 Å². The van der Waals surface area contributed by atoms with Crippen molar-refractivity contribution in [2.45, 2.75) is 135 Å². The molecule has 5 aliphatic rings. The minimum atomic E-state index is -0.772. The molecule has 5 fully saturated rings. The van der Waals surface area contributed by atoms with E-state index < -0.39 is 24.3 Å². The second-order valence-corrected chi connectivity index (χ2v) is 16.0. The molecule has 0 aromatic carbocycles. The number of carbonyl (C=O) groups is 3. The van der Waals surface area contributed by atoms with Crippen molar-refractivity contribution in [1.82, 2.24) is 5.32 Å². The number of carboxylic acids is 1. The van der Waals surface area contributed by atoms with Crippen LogP contribution in [0.1, 0.15) is 117 Å². The fourth-order valence-electron chi connectivity index (χ4n) is 11.3. The summed E-state index contributed by atoms with van der Waals surface area (Å²) < 4.78 is 10.9. The maximum Gasteiger partial charge on any atom is 0.407 e. The van der Waals surface area contributed by atoms with E-state index in [1.54, 1.807) is 0 Å². The molecule has 4 N–H and O–H groups in total. The molecule has 5 saturated carbocycles. The zero-order valence-electron chi connectivity index (χ0n) is 27.4. The van der Waals surface area contributed by atoms with Crippen molar-refractivity contribution < 1.29 is 39.2 Å². The molecule has 9 nitrogen and oxygen atoms in total. The summed E-state index contributed by atoms with van der Waals surface area (Å²) in [4.78, 5) is 36.4. The largest absolute Gasteiger partial charge is 0.481 e. The van der Waals surface area contributed by atoms with Crippen LogP contribution in [0.4, 0.5) is 4.79 Å². The van der Waals surface area contributed by atoms with E-state index in [0.29, 0.717) is 38.6 Å². The second kappa shape index (κ2) is 13.1. The van der Waals surface area contributed by atoms with E-state index >= 15 is 0 Å². The van der Waals surface area contributed by atoms with E-state index in [1.165, 1.54) is 7.11 Å². The van der Waals surface area contributed by atoms with Crippen LogP contribution in [0.15, 0.2) is 0 Å². The molecule has 0 bridgehead atoms. The Bertz CT molecular complexity index is 1060. The number of alkyl carbamates (subject to hydrolysis) is 1. The van der Waals surface area contributed by atoms with Crippen molar-refractivity contribution in [3.05, 3.63) is 0 Å². The highest BCUT2D eigenvalue weighted by Crippen LogP contribution is 2.68. The van der Waals surface area contributed by atoms with Crippen molar-refractivity contribution in [1.29, 1.82) is 0 Å². The van der Waals surface area contributed by atoms with Gasteiger partial charge in [-0.2, -0.15) is 0 Å². The first-order chi connectivity index (χ1) is 20.8. The average Bonchev–Trinajstić information content (AvgIpc) is 3.35. The molecule has 1 amide bonds. The monoisotopic (exact) mass is 619 g/mol. The molecule has 5 unspecified atom stereocenters. The number of aliphatic hydroxyl groups is 2. The molecule has 0 spiro atoms. The van der Waals surface area contributed by atoms with E-state index in [-0.39, 0.29) is 70.2 Å². The van der Waals surface area contributed by atoms with Crippen molar-refractivity contribution in [2.24, 2.45) is 51.8 Å². The van der Waals surface area contributed by atoms with Gasteiger partial charge in [-0.25, -0.2) is 4.79 Å². The number of aliphatic carboxylic acids is 1. The Labute approximate surface area is 263 Å². The minimum Gasteiger partial charge on any atom is -0.481 e. The Morgan fingerprint density at radius 2 is 1.68 bits per heavy atom. The molecule has 0 aliphatic heterocycles. The second-order valence-electron chi connectivity index (χ2n) is 16.0. The number of fused-ring (bicyclic) bond motifs is 5. The normalized spacial score (nSPS) is 41.8. The number of ether oxygens (including phenoxy) is 2. The molecule has 250 valence electrons. The number of rotatable bonds is 9. The zero-order valence-corrected chi connectivity index (χ0v) is 27.4. The SMILES string of the molecule is COC(=O)CC1(CNC(=O)O[C@@H]2CC[C@@]3(C)C(C2)C[C@@H](O)C2C4CC[C@H]([C@H](C)CCC(=O)O)C4(C)[C@@H](O)CC23)CCCCC1. The smallest absolute Gasteiger partial charge is 0.407 e. The van der Waals surface area contributed by atoms with Crippen LogP contribution >= 0.6 is 0 Å². The number of hydrogen-bond donors (Lipinski definition) is 4. The summed E-state index contributed by atoms with van der Waals surface area (Å²) in [5.74, 6) is 0.214. The van der Waals surface area contributed by atoms with Crippen molar-refractivity contribution in [2.75, 3.05) is 13.7 Å². The van der Waals surface area contributed by atoms with E-state index in [4.69, 9.17) is 9.47 Å². The summed E-state index contributed by atoms with van der Waals surface area (Å²) in [6.45, 7) is 7.10. The summed E-state index contributed by atoms with van der Waals surface area (Å²) >= 11 is 0. The number of carboxylic acid groups (broad SMARTS) is 1. The number of carbonyl (C=O) groups excluding carboxylic acids is 2. The van der Waals surface area contributed by atoms with Crippen molar-refractivity contribution in [3.8, 4) is 0 Å². The highest BCUT2D eigenvalue weighted by atomic mass is 16.6. The predicted molar refractivity (Wildman–Crippen MR) is 164 cm³/mol. The third-order valence-corrected chi connectivity index (χ3v) is 13.9. The molecule has 0 aromatic heterocycles. The van der Waals surface area contributed by atoms with Gasteiger partial charge in [-0.3, -0.25) is 9.59 Å². The number of hydrogen-bond acceptors (Lipinski definition) is 7. The summed E-state index contributed by atoms with van der Waals surface area (Å²) in [5, 5.41) is 35.7. The lowest BCUT2D eigenvalue weighted by atomic mass is 9.43. The van der Waals surface area contributed by atoms with Crippen molar-refractivity contribution >= 4 is 18.0 Å². The van der Waals surface area contributed by atoms with Gasteiger partial charge in [0.15, 0.2) is 0 Å². The van der Waals surface area contributed by atoms with Crippen molar-refractivity contribution in [3.63, 3.8) is 0 Å². The maximum atomic E-state index is 13.0. The molecular weight excluding hydrogens is 562 g/mol. The summed E-state index contributed by atoms with van der Waals surface area (Å²) in [7, 11) is 1.41. The lowest BCUT2D eigenvalue weighted by Gasteiger charge is -2.63. The highest BCUT2D eigenvalue weighted by Gasteiger charge is 2.65. The number of aliphatic hydroxyl groups excluding tert-OH is 2. The van der Waals surface area contributed by atoms with Crippen LogP contribution in [0, 0.1) is 51.8 Å². The van der Waals surface area contributed by atoms with Crippen LogP contribution in [-0.2, 0) is 19.1 Å². The Kier molecular flexibility index (Phi) is 9.97. The van der Waals surface area contributed by atoms with E-state index in [2.05, 4.69) is 26.1 Å². The van der Waals surface area contributed by atoms with Crippen LogP contribution in [0.2, 0.25) is 0 Å². The first kappa shape index (κ1) is 33.5. The van der Waals surface area contributed by atoms with Gasteiger partial charge in [0, 0.05) is 13.0 Å². The van der Waals surface area contributed by atoms with Gasteiger partial charge in [-0.1, -0.05) is 40.0 Å². The third kappa shape index (κ3) is 6.25. The number of methoxy groups -OCH3 is 1. The Morgan fingerprint density at radius 1 is 0.955 bits per heavy atom. The molecule has 11 atom stereocenters. The molecule has 44 heavy (non-hydrogen) atoms. The topological polar surface area (TPSA) is 142 Å². The van der Waals surface area contributed by atoms with Gasteiger partial charge < -0.3 is 30.1 Å². The molecule has 0 radical (unpaired) electrons. The van der Waals surface area contributed by atoms with E-state index in [9.17, 15) is 29.7 Å². The standard InChI is InChI=1S/C35H57NO8/c1-21(8-11-29(39)40)24-9-10-25-31-26(18-28(38)34(24,25)3)33(2)15-12-23(16-22(33)17-27(31)37)44-32(42)36-20-35(19-30(41)43-4)13-6-5-7-14-35/h21-28,31,37-38H,5-20H2,1-4H3,(H,36,42)(H,39,40)/t21-,22?,23-,24-,25?,26?,27-,28+,31?,33+,34?/m1/s1. The maximum absolute atomic E-state index is 13.0. The van der Waals surface area contributed by atoms with Crippen LogP contribution in [0.3, 0.4) is 0 Å². The molecular formula is C35H57NO8. The Balaban J connectivity index is 1.21. The molecule has 5 rings (SSSR count). The number of amides is 1. The van der Waals surface area contributed by atoms with Crippen LogP contribution < -0.4 is 5.32 Å². The fraction of sp³-hybridized carbons (Fsp3) is 0.914. The van der Waals surface area contributed by atoms with Gasteiger partial charge in [0.2, 0.25) is 0 Å². The molecule has 5 aliphatic carbocycles. The van der Waals surface area contributed by atoms with E-state index in [1.807, 2.05) is 0 Å². The summed E-state index contributed by atoms with van der Waals surface area (Å²) in [6, 6.07) is 0. The van der Waals surface area contributed by atoms with Gasteiger partial charge >= 0.3 is 18.0 Å².